The number of hydrogen-bond acceptors (Lipinski definition) is 8. The van der Waals surface area contributed by atoms with Crippen molar-refractivity contribution in [3.8, 4) is 11.3 Å². The van der Waals surface area contributed by atoms with Gasteiger partial charge in [-0.25, -0.2) is 9.97 Å². The van der Waals surface area contributed by atoms with Gasteiger partial charge in [0.1, 0.15) is 11.6 Å². The Balaban J connectivity index is 1.26. The minimum absolute atomic E-state index is 0.437. The van der Waals surface area contributed by atoms with Crippen LogP contribution in [0.4, 0.5) is 51.4 Å². The molecule has 0 amide bonds. The van der Waals surface area contributed by atoms with E-state index in [0.29, 0.717) is 0 Å². The Kier molecular flexibility index (Phi) is 8.55. The molecule has 55 heavy (non-hydrogen) atoms. The van der Waals surface area contributed by atoms with Crippen LogP contribution >= 0.6 is 0 Å². The summed E-state index contributed by atoms with van der Waals surface area (Å²) in [6, 6.07) is 45.9. The van der Waals surface area contributed by atoms with E-state index in [9.17, 15) is 0 Å². The maximum absolute atomic E-state index is 5.03. The standard InChI is InChI=1S/C47H38N8/c1-33-27-41(34-13-5-4-6-14-34)52-32-44(33)55-42-21-19-35(53(37-15-11-23-48-30-37)45-17-7-9-25-50-45)28-39(42)47(2,3)40-29-36(20-22-43(40)55)54(38-16-12-24-49-31-38)46-18-8-10-26-51-46/h4-32H,1-3H3. The Morgan fingerprint density at radius 2 is 1.02 bits per heavy atom. The zero-order valence-electron chi connectivity index (χ0n) is 30.8. The van der Waals surface area contributed by atoms with Crippen LogP contribution in [0.5, 0.6) is 0 Å². The first-order valence-electron chi connectivity index (χ1n) is 18.3. The van der Waals surface area contributed by atoms with Crippen molar-refractivity contribution in [1.82, 2.24) is 24.9 Å². The summed E-state index contributed by atoms with van der Waals surface area (Å²) in [6.07, 6.45) is 13.0. The molecule has 0 bridgehead atoms. The average molecular weight is 715 g/mol. The van der Waals surface area contributed by atoms with E-state index in [2.05, 4.69) is 112 Å². The third-order valence-electron chi connectivity index (χ3n) is 10.3. The Bertz CT molecular complexity index is 2370. The van der Waals surface area contributed by atoms with Crippen molar-refractivity contribution in [3.63, 3.8) is 0 Å². The number of benzene rings is 3. The van der Waals surface area contributed by atoms with E-state index < -0.39 is 5.41 Å². The molecule has 8 nitrogen and oxygen atoms in total. The van der Waals surface area contributed by atoms with Gasteiger partial charge in [0.15, 0.2) is 0 Å². The molecule has 6 heterocycles. The van der Waals surface area contributed by atoms with Gasteiger partial charge in [-0.15, -0.1) is 0 Å². The smallest absolute Gasteiger partial charge is 0.137 e. The lowest BCUT2D eigenvalue weighted by atomic mass is 9.73. The van der Waals surface area contributed by atoms with Crippen molar-refractivity contribution in [3.05, 3.63) is 194 Å². The lowest BCUT2D eigenvalue weighted by molar-refractivity contribution is 0.632. The van der Waals surface area contributed by atoms with Crippen LogP contribution in [0.15, 0.2) is 177 Å². The molecule has 0 spiro atoms. The van der Waals surface area contributed by atoms with Crippen molar-refractivity contribution in [2.45, 2.75) is 26.2 Å². The highest BCUT2D eigenvalue weighted by Crippen LogP contribution is 2.55. The molecule has 0 radical (unpaired) electrons. The van der Waals surface area contributed by atoms with E-state index in [1.54, 1.807) is 12.4 Å². The number of pyridine rings is 5. The van der Waals surface area contributed by atoms with Crippen molar-refractivity contribution in [2.24, 2.45) is 0 Å². The Morgan fingerprint density at radius 1 is 0.473 bits per heavy atom. The van der Waals surface area contributed by atoms with Crippen LogP contribution in [0.1, 0.15) is 30.5 Å². The third kappa shape index (κ3) is 6.13. The summed E-state index contributed by atoms with van der Waals surface area (Å²) in [7, 11) is 0. The molecule has 3 aromatic carbocycles. The molecule has 8 heteroatoms. The second-order valence-electron chi connectivity index (χ2n) is 14.1. The lowest BCUT2D eigenvalue weighted by Crippen LogP contribution is -2.31. The van der Waals surface area contributed by atoms with Gasteiger partial charge < -0.3 is 4.90 Å². The number of anilines is 9. The minimum Gasteiger partial charge on any atom is -0.308 e. The summed E-state index contributed by atoms with van der Waals surface area (Å²) >= 11 is 0. The average Bonchev–Trinajstić information content (AvgIpc) is 3.24. The monoisotopic (exact) mass is 714 g/mol. The highest BCUT2D eigenvalue weighted by molar-refractivity contribution is 5.91. The second-order valence-corrected chi connectivity index (χ2v) is 14.1. The van der Waals surface area contributed by atoms with Crippen LogP contribution in [0, 0.1) is 6.92 Å². The van der Waals surface area contributed by atoms with Crippen LogP contribution in [-0.2, 0) is 5.41 Å². The molecule has 266 valence electrons. The third-order valence-corrected chi connectivity index (χ3v) is 10.3. The van der Waals surface area contributed by atoms with Crippen LogP contribution in [0.2, 0.25) is 0 Å². The Hall–Kier alpha value is -7.19. The molecular weight excluding hydrogens is 677 g/mol. The minimum atomic E-state index is -0.437. The van der Waals surface area contributed by atoms with E-state index in [0.717, 1.165) is 79.4 Å². The number of aromatic nitrogens is 5. The fraction of sp³-hybridized carbons (Fsp3) is 0.0851. The molecular formula is C47H38N8. The topological polar surface area (TPSA) is 74.2 Å². The number of nitrogens with zero attached hydrogens (tertiary/aromatic N) is 8. The van der Waals surface area contributed by atoms with E-state index in [-0.39, 0.29) is 0 Å². The molecule has 5 aromatic heterocycles. The first-order chi connectivity index (χ1) is 27.0. The summed E-state index contributed by atoms with van der Waals surface area (Å²) in [6.45, 7) is 6.79. The van der Waals surface area contributed by atoms with Gasteiger partial charge in [-0.2, -0.15) is 0 Å². The van der Waals surface area contributed by atoms with Gasteiger partial charge in [-0.05, 0) is 115 Å². The molecule has 0 aliphatic carbocycles. The predicted molar refractivity (Wildman–Crippen MR) is 222 cm³/mol. The van der Waals surface area contributed by atoms with Gasteiger partial charge in [-0.1, -0.05) is 56.3 Å². The number of fused-ring (bicyclic) bond motifs is 2. The molecule has 0 N–H and O–H groups in total. The molecule has 0 saturated heterocycles. The second kappa shape index (κ2) is 14.0. The molecule has 0 atom stereocenters. The summed E-state index contributed by atoms with van der Waals surface area (Å²) in [5, 5.41) is 0. The van der Waals surface area contributed by atoms with Crippen molar-refractivity contribution in [1.29, 1.82) is 0 Å². The normalized spacial score (nSPS) is 12.7. The number of rotatable bonds is 8. The maximum Gasteiger partial charge on any atom is 0.137 e. The summed E-state index contributed by atoms with van der Waals surface area (Å²) < 4.78 is 0. The van der Waals surface area contributed by atoms with Crippen molar-refractivity contribution >= 4 is 51.4 Å². The summed E-state index contributed by atoms with van der Waals surface area (Å²) in [5.41, 5.74) is 12.0. The Labute approximate surface area is 321 Å². The summed E-state index contributed by atoms with van der Waals surface area (Å²) in [5.74, 6) is 1.62. The zero-order chi connectivity index (χ0) is 37.4. The van der Waals surface area contributed by atoms with Crippen LogP contribution in [0.3, 0.4) is 0 Å². The fourth-order valence-corrected chi connectivity index (χ4v) is 7.57. The summed E-state index contributed by atoms with van der Waals surface area (Å²) in [4.78, 5) is 30.2. The maximum atomic E-state index is 5.03. The lowest BCUT2D eigenvalue weighted by Gasteiger charge is -2.43. The Morgan fingerprint density at radius 3 is 1.49 bits per heavy atom. The molecule has 9 rings (SSSR count). The van der Waals surface area contributed by atoms with E-state index in [4.69, 9.17) is 15.0 Å². The molecule has 1 aliphatic heterocycles. The van der Waals surface area contributed by atoms with Crippen LogP contribution in [0.25, 0.3) is 11.3 Å². The number of hydrogen-bond donors (Lipinski definition) is 0. The molecule has 0 saturated carbocycles. The molecule has 0 fully saturated rings. The van der Waals surface area contributed by atoms with Gasteiger partial charge >= 0.3 is 0 Å². The quantitative estimate of drug-likeness (QED) is 0.154. The van der Waals surface area contributed by atoms with Gasteiger partial charge in [0.05, 0.1) is 52.7 Å². The van der Waals surface area contributed by atoms with Gasteiger partial charge in [0.2, 0.25) is 0 Å². The van der Waals surface area contributed by atoms with Crippen LogP contribution < -0.4 is 14.7 Å². The fourth-order valence-electron chi connectivity index (χ4n) is 7.57. The predicted octanol–water partition coefficient (Wildman–Crippen LogP) is 11.7. The highest BCUT2D eigenvalue weighted by Gasteiger charge is 2.39. The number of aryl methyl sites for hydroxylation is 1. The van der Waals surface area contributed by atoms with Crippen molar-refractivity contribution < 1.29 is 0 Å². The van der Waals surface area contributed by atoms with Gasteiger partial charge in [0, 0.05) is 47.1 Å². The largest absolute Gasteiger partial charge is 0.308 e. The van der Waals surface area contributed by atoms with Gasteiger partial charge in [0.25, 0.3) is 0 Å². The van der Waals surface area contributed by atoms with E-state index >= 15 is 0 Å². The first-order valence-corrected chi connectivity index (χ1v) is 18.3. The SMILES string of the molecule is Cc1cc(-c2ccccc2)ncc1N1c2ccc(N(c3cccnc3)c3ccccn3)cc2C(C)(C)c2cc(N(c3cccnc3)c3ccccn3)ccc21. The van der Waals surface area contributed by atoms with E-state index in [1.165, 1.54) is 0 Å². The molecule has 8 aromatic rings. The van der Waals surface area contributed by atoms with Crippen LogP contribution in [-0.4, -0.2) is 24.9 Å². The van der Waals surface area contributed by atoms with Crippen molar-refractivity contribution in [2.75, 3.05) is 14.7 Å². The van der Waals surface area contributed by atoms with E-state index in [1.807, 2.05) is 97.7 Å². The molecule has 0 unspecified atom stereocenters. The zero-order valence-corrected chi connectivity index (χ0v) is 30.8. The first kappa shape index (κ1) is 33.6. The van der Waals surface area contributed by atoms with Gasteiger partial charge in [-0.3, -0.25) is 24.8 Å². The highest BCUT2D eigenvalue weighted by atomic mass is 15.2. The molecule has 1 aliphatic rings.